The van der Waals surface area contributed by atoms with Crippen LogP contribution in [0, 0.1) is 11.8 Å². The minimum atomic E-state index is -0.155. The second-order valence-electron chi connectivity index (χ2n) is 6.82. The van der Waals surface area contributed by atoms with E-state index in [1.807, 2.05) is 6.92 Å². The van der Waals surface area contributed by atoms with Gasteiger partial charge >= 0.3 is 0 Å². The average Bonchev–Trinajstić information content (AvgIpc) is 3.07. The van der Waals surface area contributed by atoms with Gasteiger partial charge in [-0.1, -0.05) is 6.42 Å². The summed E-state index contributed by atoms with van der Waals surface area (Å²) < 4.78 is 0. The van der Waals surface area contributed by atoms with E-state index in [1.165, 1.54) is 45.2 Å². The van der Waals surface area contributed by atoms with Gasteiger partial charge in [0.2, 0.25) is 0 Å². The van der Waals surface area contributed by atoms with Gasteiger partial charge in [-0.2, -0.15) is 0 Å². The molecule has 1 heterocycles. The van der Waals surface area contributed by atoms with E-state index in [0.717, 1.165) is 24.9 Å². The molecule has 3 heteroatoms. The maximum atomic E-state index is 9.92. The minimum Gasteiger partial charge on any atom is -0.393 e. The molecule has 3 atom stereocenters. The molecule has 0 bridgehead atoms. The maximum absolute atomic E-state index is 9.92. The summed E-state index contributed by atoms with van der Waals surface area (Å²) in [6.07, 6.45) is 8.01. The summed E-state index contributed by atoms with van der Waals surface area (Å²) in [7, 11) is 0. The van der Waals surface area contributed by atoms with E-state index >= 15 is 0 Å². The standard InChI is InChI=1S/C15H28N2O/c1-11(18)13-7-14(16-8-12-5-6-12)10-17(9-13)15-3-2-4-15/h11-16,18H,2-10H2,1H3. The third-order valence-corrected chi connectivity index (χ3v) is 5.18. The smallest absolute Gasteiger partial charge is 0.0553 e. The van der Waals surface area contributed by atoms with Crippen LogP contribution in [0.1, 0.15) is 45.4 Å². The Balaban J connectivity index is 1.54. The SMILES string of the molecule is CC(O)C1CC(NCC2CC2)CN(C2CCC2)C1. The van der Waals surface area contributed by atoms with Crippen molar-refractivity contribution in [3.63, 3.8) is 0 Å². The van der Waals surface area contributed by atoms with E-state index in [4.69, 9.17) is 0 Å². The molecule has 0 aromatic carbocycles. The largest absolute Gasteiger partial charge is 0.393 e. The van der Waals surface area contributed by atoms with Crippen LogP contribution in [0.15, 0.2) is 0 Å². The van der Waals surface area contributed by atoms with Crippen LogP contribution >= 0.6 is 0 Å². The first-order valence-electron chi connectivity index (χ1n) is 7.88. The molecule has 3 unspecified atom stereocenters. The number of hydrogen-bond acceptors (Lipinski definition) is 3. The minimum absolute atomic E-state index is 0.155. The number of aliphatic hydroxyl groups is 1. The highest BCUT2D eigenvalue weighted by Gasteiger charge is 2.35. The fraction of sp³-hybridized carbons (Fsp3) is 1.00. The summed E-state index contributed by atoms with van der Waals surface area (Å²) in [4.78, 5) is 2.65. The zero-order valence-electron chi connectivity index (χ0n) is 11.6. The highest BCUT2D eigenvalue weighted by molar-refractivity contribution is 4.92. The summed E-state index contributed by atoms with van der Waals surface area (Å²) in [6, 6.07) is 1.43. The van der Waals surface area contributed by atoms with Crippen LogP contribution in [0.5, 0.6) is 0 Å². The van der Waals surface area contributed by atoms with Crippen LogP contribution in [0.25, 0.3) is 0 Å². The molecule has 0 amide bonds. The van der Waals surface area contributed by atoms with Gasteiger partial charge in [0.1, 0.15) is 0 Å². The monoisotopic (exact) mass is 252 g/mol. The number of nitrogens with one attached hydrogen (secondary N) is 1. The lowest BCUT2D eigenvalue weighted by molar-refractivity contribution is 0.0105. The van der Waals surface area contributed by atoms with Gasteiger partial charge in [-0.25, -0.2) is 0 Å². The lowest BCUT2D eigenvalue weighted by Crippen LogP contribution is -2.56. The first-order chi connectivity index (χ1) is 8.72. The second-order valence-corrected chi connectivity index (χ2v) is 6.82. The highest BCUT2D eigenvalue weighted by Crippen LogP contribution is 2.31. The lowest BCUT2D eigenvalue weighted by Gasteiger charge is -2.46. The number of piperidine rings is 1. The van der Waals surface area contributed by atoms with E-state index in [-0.39, 0.29) is 6.10 Å². The van der Waals surface area contributed by atoms with Gasteiger partial charge in [0.25, 0.3) is 0 Å². The molecule has 0 aromatic heterocycles. The van der Waals surface area contributed by atoms with E-state index in [0.29, 0.717) is 12.0 Å². The van der Waals surface area contributed by atoms with Crippen molar-refractivity contribution in [2.45, 2.75) is 63.6 Å². The predicted molar refractivity (Wildman–Crippen MR) is 73.5 cm³/mol. The van der Waals surface area contributed by atoms with E-state index < -0.39 is 0 Å². The quantitative estimate of drug-likeness (QED) is 0.780. The van der Waals surface area contributed by atoms with Crippen molar-refractivity contribution in [3.8, 4) is 0 Å². The van der Waals surface area contributed by atoms with Gasteiger partial charge in [-0.3, -0.25) is 4.90 Å². The predicted octanol–water partition coefficient (Wildman–Crippen LogP) is 1.61. The number of likely N-dealkylation sites (tertiary alicyclic amines) is 1. The number of aliphatic hydroxyl groups excluding tert-OH is 1. The first kappa shape index (κ1) is 12.9. The molecule has 3 nitrogen and oxygen atoms in total. The van der Waals surface area contributed by atoms with E-state index in [9.17, 15) is 5.11 Å². The topological polar surface area (TPSA) is 35.5 Å². The van der Waals surface area contributed by atoms with Crippen LogP contribution in [0.4, 0.5) is 0 Å². The van der Waals surface area contributed by atoms with Gasteiger partial charge in [0.05, 0.1) is 6.10 Å². The van der Waals surface area contributed by atoms with E-state index in [1.54, 1.807) is 0 Å². The third kappa shape index (κ3) is 3.06. The Morgan fingerprint density at radius 1 is 1.22 bits per heavy atom. The van der Waals surface area contributed by atoms with Crippen LogP contribution in [0.2, 0.25) is 0 Å². The molecule has 1 saturated heterocycles. The van der Waals surface area contributed by atoms with Gasteiger partial charge < -0.3 is 10.4 Å². The van der Waals surface area contributed by atoms with Gasteiger partial charge in [-0.05, 0) is 57.4 Å². The van der Waals surface area contributed by atoms with Crippen LogP contribution in [-0.4, -0.2) is 47.8 Å². The molecule has 104 valence electrons. The Morgan fingerprint density at radius 3 is 2.56 bits per heavy atom. The average molecular weight is 252 g/mol. The molecular weight excluding hydrogens is 224 g/mol. The summed E-state index contributed by atoms with van der Waals surface area (Å²) in [6.45, 7) is 5.49. The summed E-state index contributed by atoms with van der Waals surface area (Å²) in [5.74, 6) is 1.42. The Labute approximate surface area is 111 Å². The fourth-order valence-electron chi connectivity index (χ4n) is 3.38. The molecule has 2 saturated carbocycles. The first-order valence-corrected chi connectivity index (χ1v) is 7.88. The van der Waals surface area contributed by atoms with Crippen LogP contribution in [-0.2, 0) is 0 Å². The molecule has 18 heavy (non-hydrogen) atoms. The molecule has 2 aliphatic carbocycles. The highest BCUT2D eigenvalue weighted by atomic mass is 16.3. The maximum Gasteiger partial charge on any atom is 0.0553 e. The van der Waals surface area contributed by atoms with E-state index in [2.05, 4.69) is 10.2 Å². The zero-order chi connectivity index (χ0) is 12.5. The lowest BCUT2D eigenvalue weighted by atomic mass is 9.84. The molecule has 2 N–H and O–H groups in total. The Kier molecular flexibility index (Phi) is 3.92. The fourth-order valence-corrected chi connectivity index (χ4v) is 3.38. The summed E-state index contributed by atoms with van der Waals surface area (Å²) >= 11 is 0. The third-order valence-electron chi connectivity index (χ3n) is 5.18. The molecular formula is C15H28N2O. The van der Waals surface area contributed by atoms with Crippen molar-refractivity contribution in [1.29, 1.82) is 0 Å². The van der Waals surface area contributed by atoms with Crippen LogP contribution < -0.4 is 5.32 Å². The van der Waals surface area contributed by atoms with Gasteiger partial charge in [0.15, 0.2) is 0 Å². The molecule has 3 aliphatic rings. The Morgan fingerprint density at radius 2 is 2.00 bits per heavy atom. The van der Waals surface area contributed by atoms with Crippen molar-refractivity contribution in [2.24, 2.45) is 11.8 Å². The van der Waals surface area contributed by atoms with Crippen molar-refractivity contribution in [2.75, 3.05) is 19.6 Å². The molecule has 0 spiro atoms. The molecule has 0 radical (unpaired) electrons. The number of rotatable bonds is 5. The van der Waals surface area contributed by atoms with Crippen molar-refractivity contribution >= 4 is 0 Å². The van der Waals surface area contributed by atoms with Crippen molar-refractivity contribution < 1.29 is 5.11 Å². The van der Waals surface area contributed by atoms with Crippen LogP contribution in [0.3, 0.4) is 0 Å². The Bertz CT molecular complexity index is 274. The van der Waals surface area contributed by atoms with Crippen molar-refractivity contribution in [3.05, 3.63) is 0 Å². The normalized spacial score (nSPS) is 36.3. The second kappa shape index (κ2) is 5.48. The number of hydrogen-bond donors (Lipinski definition) is 2. The number of nitrogens with zero attached hydrogens (tertiary/aromatic N) is 1. The zero-order valence-corrected chi connectivity index (χ0v) is 11.6. The van der Waals surface area contributed by atoms with Gasteiger partial charge in [-0.15, -0.1) is 0 Å². The summed E-state index contributed by atoms with van der Waals surface area (Å²) in [5.41, 5.74) is 0. The Hall–Kier alpha value is -0.120. The summed E-state index contributed by atoms with van der Waals surface area (Å²) in [5, 5.41) is 13.7. The molecule has 3 rings (SSSR count). The van der Waals surface area contributed by atoms with Gasteiger partial charge in [0, 0.05) is 25.2 Å². The molecule has 0 aromatic rings. The van der Waals surface area contributed by atoms with Crippen molar-refractivity contribution in [1.82, 2.24) is 10.2 Å². The molecule has 3 fully saturated rings. The molecule has 1 aliphatic heterocycles.